The van der Waals surface area contributed by atoms with E-state index >= 15 is 0 Å². The number of pyridine rings is 1. The van der Waals surface area contributed by atoms with Crippen LogP contribution in [0, 0.1) is 0 Å². The van der Waals surface area contributed by atoms with Crippen molar-refractivity contribution in [3.8, 4) is 0 Å². The summed E-state index contributed by atoms with van der Waals surface area (Å²) in [5, 5.41) is 0.923. The molecule has 120 valence electrons. The topological polar surface area (TPSA) is 78.0 Å². The molecule has 0 saturated carbocycles. The summed E-state index contributed by atoms with van der Waals surface area (Å²) >= 11 is 12.0. The third-order valence-corrected chi connectivity index (χ3v) is 6.10. The summed E-state index contributed by atoms with van der Waals surface area (Å²) in [6.45, 7) is 0.409. The number of hydrogen-bond acceptors (Lipinski definition) is 4. The maximum absolute atomic E-state index is 13.0. The lowest BCUT2D eigenvalue weighted by atomic mass is 10.2. The Morgan fingerprint density at radius 1 is 1.17 bits per heavy atom. The average molecular weight is 370 g/mol. The Bertz CT molecular complexity index is 984. The Morgan fingerprint density at radius 3 is 2.70 bits per heavy atom. The highest BCUT2D eigenvalue weighted by molar-refractivity contribution is 7.90. The molecule has 2 heterocycles. The molecule has 5 nitrogen and oxygen atoms in total. The van der Waals surface area contributed by atoms with Gasteiger partial charge in [-0.2, -0.15) is 0 Å². The molecule has 0 aliphatic rings. The molecule has 0 bridgehead atoms. The van der Waals surface area contributed by atoms with Crippen molar-refractivity contribution in [3.05, 3.63) is 58.3 Å². The normalized spacial score (nSPS) is 12.0. The van der Waals surface area contributed by atoms with E-state index in [4.69, 9.17) is 28.9 Å². The lowest BCUT2D eigenvalue weighted by Crippen LogP contribution is -2.13. The molecule has 3 rings (SSSR count). The molecular weight excluding hydrogens is 357 g/mol. The second kappa shape index (κ2) is 6.13. The first-order valence-electron chi connectivity index (χ1n) is 6.81. The van der Waals surface area contributed by atoms with Crippen molar-refractivity contribution in [2.75, 3.05) is 6.54 Å². The average Bonchev–Trinajstić information content (AvgIpc) is 2.90. The predicted molar refractivity (Wildman–Crippen MR) is 91.5 cm³/mol. The first-order chi connectivity index (χ1) is 11.0. The summed E-state index contributed by atoms with van der Waals surface area (Å²) in [7, 11) is -3.92. The van der Waals surface area contributed by atoms with E-state index < -0.39 is 10.0 Å². The van der Waals surface area contributed by atoms with Crippen LogP contribution < -0.4 is 5.73 Å². The van der Waals surface area contributed by atoms with E-state index in [0.29, 0.717) is 18.6 Å². The van der Waals surface area contributed by atoms with Gasteiger partial charge in [0, 0.05) is 17.8 Å². The van der Waals surface area contributed by atoms with Crippen LogP contribution in [0.3, 0.4) is 0 Å². The Kier molecular flexibility index (Phi) is 4.33. The molecule has 0 saturated heterocycles. The second-order valence-corrected chi connectivity index (χ2v) is 7.49. The van der Waals surface area contributed by atoms with Gasteiger partial charge >= 0.3 is 0 Å². The Balaban J connectivity index is 2.29. The maximum atomic E-state index is 13.0. The fourth-order valence-electron chi connectivity index (χ4n) is 2.42. The van der Waals surface area contributed by atoms with E-state index in [9.17, 15) is 8.42 Å². The first-order valence-corrected chi connectivity index (χ1v) is 9.01. The van der Waals surface area contributed by atoms with Crippen LogP contribution in [0.25, 0.3) is 11.0 Å². The molecule has 3 aromatic rings. The smallest absolute Gasteiger partial charge is 0.270 e. The van der Waals surface area contributed by atoms with Gasteiger partial charge in [0.05, 0.1) is 10.0 Å². The highest BCUT2D eigenvalue weighted by Crippen LogP contribution is 2.32. The molecular formula is C15H13Cl2N3O2S. The van der Waals surface area contributed by atoms with Crippen LogP contribution in [-0.2, 0) is 16.4 Å². The highest BCUT2D eigenvalue weighted by atomic mass is 35.5. The first kappa shape index (κ1) is 16.3. The number of benzene rings is 1. The zero-order valence-electron chi connectivity index (χ0n) is 11.9. The summed E-state index contributed by atoms with van der Waals surface area (Å²) in [6, 6.07) is 8.07. The number of hydrogen-bond donors (Lipinski definition) is 1. The van der Waals surface area contributed by atoms with Crippen molar-refractivity contribution in [3.63, 3.8) is 0 Å². The van der Waals surface area contributed by atoms with Crippen molar-refractivity contribution in [2.45, 2.75) is 11.3 Å². The van der Waals surface area contributed by atoms with E-state index in [1.54, 1.807) is 18.3 Å². The fourth-order valence-corrected chi connectivity index (χ4v) is 4.51. The number of fused-ring (bicyclic) bond motifs is 1. The molecule has 23 heavy (non-hydrogen) atoms. The van der Waals surface area contributed by atoms with Gasteiger partial charge in [0.25, 0.3) is 10.0 Å². The van der Waals surface area contributed by atoms with Gasteiger partial charge in [0.15, 0.2) is 5.65 Å². The van der Waals surface area contributed by atoms with Crippen LogP contribution in [0.15, 0.2) is 47.6 Å². The summed E-state index contributed by atoms with van der Waals surface area (Å²) in [5.41, 5.74) is 6.76. The molecule has 0 fully saturated rings. The zero-order valence-corrected chi connectivity index (χ0v) is 14.2. The summed E-state index contributed by atoms with van der Waals surface area (Å²) in [4.78, 5) is 4.13. The minimum absolute atomic E-state index is 0.00711. The van der Waals surface area contributed by atoms with Gasteiger partial charge < -0.3 is 5.73 Å². The lowest BCUT2D eigenvalue weighted by Gasteiger charge is -2.09. The molecule has 0 spiro atoms. The Hall–Kier alpha value is -1.60. The quantitative estimate of drug-likeness (QED) is 0.766. The minimum atomic E-state index is -3.92. The third kappa shape index (κ3) is 2.72. The van der Waals surface area contributed by atoms with E-state index in [2.05, 4.69) is 4.98 Å². The van der Waals surface area contributed by atoms with E-state index in [1.165, 1.54) is 18.3 Å². The van der Waals surface area contributed by atoms with Crippen molar-refractivity contribution >= 4 is 44.3 Å². The van der Waals surface area contributed by atoms with Crippen LogP contribution in [0.1, 0.15) is 5.56 Å². The predicted octanol–water partition coefficient (Wildman–Crippen LogP) is 3.08. The number of nitrogens with two attached hydrogens (primary N) is 1. The van der Waals surface area contributed by atoms with Crippen LogP contribution in [-0.4, -0.2) is 23.9 Å². The minimum Gasteiger partial charge on any atom is -0.330 e. The molecule has 0 aliphatic heterocycles. The van der Waals surface area contributed by atoms with Crippen LogP contribution in [0.4, 0.5) is 0 Å². The van der Waals surface area contributed by atoms with Crippen LogP contribution >= 0.6 is 23.2 Å². The molecule has 0 radical (unpaired) electrons. The highest BCUT2D eigenvalue weighted by Gasteiger charge is 2.25. The summed E-state index contributed by atoms with van der Waals surface area (Å²) in [6.07, 6.45) is 3.63. The number of halogens is 2. The van der Waals surface area contributed by atoms with Crippen LogP contribution in [0.5, 0.6) is 0 Å². The SMILES string of the molecule is NCCc1cn(S(=O)(=O)c2cccc(Cl)c2Cl)c2ncccc12. The van der Waals surface area contributed by atoms with E-state index in [-0.39, 0.29) is 14.9 Å². The van der Waals surface area contributed by atoms with Gasteiger partial charge in [-0.15, -0.1) is 0 Å². The van der Waals surface area contributed by atoms with Gasteiger partial charge in [-0.05, 0) is 42.8 Å². The molecule has 1 aromatic carbocycles. The monoisotopic (exact) mass is 369 g/mol. The van der Waals surface area contributed by atoms with Crippen molar-refractivity contribution < 1.29 is 8.42 Å². The number of rotatable bonds is 4. The fraction of sp³-hybridized carbons (Fsp3) is 0.133. The van der Waals surface area contributed by atoms with Gasteiger partial charge in [0.1, 0.15) is 4.90 Å². The third-order valence-electron chi connectivity index (χ3n) is 3.48. The van der Waals surface area contributed by atoms with Crippen LogP contribution in [0.2, 0.25) is 10.0 Å². The van der Waals surface area contributed by atoms with Gasteiger partial charge in [-0.3, -0.25) is 0 Å². The molecule has 0 unspecified atom stereocenters. The van der Waals surface area contributed by atoms with Gasteiger partial charge in [0.2, 0.25) is 0 Å². The molecule has 2 N–H and O–H groups in total. The van der Waals surface area contributed by atoms with Crippen molar-refractivity contribution in [1.82, 2.24) is 8.96 Å². The van der Waals surface area contributed by atoms with Gasteiger partial charge in [-0.25, -0.2) is 17.4 Å². The molecule has 8 heteroatoms. The summed E-state index contributed by atoms with van der Waals surface area (Å²) < 4.78 is 27.1. The second-order valence-electron chi connectivity index (χ2n) is 4.92. The molecule has 0 amide bonds. The Morgan fingerprint density at radius 2 is 1.96 bits per heavy atom. The largest absolute Gasteiger partial charge is 0.330 e. The number of nitrogens with zero attached hydrogens (tertiary/aromatic N) is 2. The van der Waals surface area contributed by atoms with Gasteiger partial charge in [-0.1, -0.05) is 29.3 Å². The maximum Gasteiger partial charge on any atom is 0.270 e. The summed E-state index contributed by atoms with van der Waals surface area (Å²) in [5.74, 6) is 0. The van der Waals surface area contributed by atoms with E-state index in [0.717, 1.165) is 14.9 Å². The zero-order chi connectivity index (χ0) is 16.6. The van der Waals surface area contributed by atoms with Crippen molar-refractivity contribution in [1.29, 1.82) is 0 Å². The van der Waals surface area contributed by atoms with Crippen molar-refractivity contribution in [2.24, 2.45) is 5.73 Å². The number of aromatic nitrogens is 2. The Labute approximate surface area is 143 Å². The lowest BCUT2D eigenvalue weighted by molar-refractivity contribution is 0.588. The molecule has 2 aromatic heterocycles. The molecule has 0 atom stereocenters. The van der Waals surface area contributed by atoms with E-state index in [1.807, 2.05) is 6.07 Å². The standard InChI is InChI=1S/C15H13Cl2N3O2S/c16-12-4-1-5-13(14(12)17)23(21,22)20-9-10(6-7-18)11-3-2-8-19-15(11)20/h1-5,8-9H,6-7,18H2. The molecule has 0 aliphatic carbocycles.